The van der Waals surface area contributed by atoms with Gasteiger partial charge in [0, 0.05) is 16.3 Å². The fourth-order valence-electron chi connectivity index (χ4n) is 3.03. The first kappa shape index (κ1) is 19.7. The van der Waals surface area contributed by atoms with Crippen LogP contribution < -0.4 is 11.1 Å². The maximum Gasteiger partial charge on any atom is 0.353 e. The van der Waals surface area contributed by atoms with Crippen LogP contribution >= 0.6 is 34.9 Å². The van der Waals surface area contributed by atoms with E-state index in [1.54, 1.807) is 29.8 Å². The molecule has 2 atom stereocenters. The third kappa shape index (κ3) is 3.95. The number of aromatic nitrogens is 2. The molecule has 0 aliphatic carbocycles. The number of fused-ring (bicyclic) bond motifs is 1. The molecule has 0 spiro atoms. The minimum absolute atomic E-state index is 0.0528. The number of carboxylic acid groups (broad SMARTS) is 1. The average molecular weight is 450 g/mol. The highest BCUT2D eigenvalue weighted by molar-refractivity contribution is 8.07. The number of nitrogens with zero attached hydrogens (tertiary/aromatic N) is 3. The zero-order valence-corrected chi connectivity index (χ0v) is 17.2. The van der Waals surface area contributed by atoms with Gasteiger partial charge in [-0.15, -0.1) is 22.0 Å². The van der Waals surface area contributed by atoms with E-state index in [-0.39, 0.29) is 18.0 Å². The number of nitrogen functional groups attached to an aromatic ring is 1. The lowest BCUT2D eigenvalue weighted by atomic mass is 10.0. The second kappa shape index (κ2) is 8.05. The van der Waals surface area contributed by atoms with Crippen molar-refractivity contribution in [2.45, 2.75) is 22.2 Å². The lowest BCUT2D eigenvalue weighted by Gasteiger charge is -2.49. The van der Waals surface area contributed by atoms with Gasteiger partial charge in [-0.1, -0.05) is 35.2 Å². The first-order valence-corrected chi connectivity index (χ1v) is 11.2. The van der Waals surface area contributed by atoms with Gasteiger partial charge in [0.15, 0.2) is 4.34 Å². The molecule has 9 nitrogen and oxygen atoms in total. The Balaban J connectivity index is 1.46. The van der Waals surface area contributed by atoms with Gasteiger partial charge in [0.05, 0.1) is 6.42 Å². The van der Waals surface area contributed by atoms with E-state index in [1.165, 1.54) is 39.8 Å². The van der Waals surface area contributed by atoms with Crippen molar-refractivity contribution in [1.82, 2.24) is 20.4 Å². The van der Waals surface area contributed by atoms with Crippen LogP contribution in [0, 0.1) is 0 Å². The highest BCUT2D eigenvalue weighted by atomic mass is 32.2. The van der Waals surface area contributed by atoms with Gasteiger partial charge in [0.25, 0.3) is 5.91 Å². The van der Waals surface area contributed by atoms with Crippen LogP contribution in [0.2, 0.25) is 0 Å². The van der Waals surface area contributed by atoms with Crippen molar-refractivity contribution in [3.63, 3.8) is 0 Å². The predicted octanol–water partition coefficient (Wildman–Crippen LogP) is 1.15. The number of hydrogen-bond donors (Lipinski definition) is 3. The van der Waals surface area contributed by atoms with Crippen LogP contribution in [0.4, 0.5) is 5.69 Å². The standard InChI is InChI=1S/C17H15N5O4S3/c18-9-3-1-8(2-4-9)5-11(23)20-12-14(24)22-13(16(25)26)10(6-27-15(12)22)29-17-21-19-7-28-17/h1-4,7,12,15H,5-6,18H2,(H,20,23)(H,25,26)/t12-,15+/m1/s1. The molecular formula is C17H15N5O4S3. The van der Waals surface area contributed by atoms with Crippen LogP contribution in [0.1, 0.15) is 5.56 Å². The van der Waals surface area contributed by atoms with Crippen molar-refractivity contribution < 1.29 is 19.5 Å². The first-order valence-electron chi connectivity index (χ1n) is 8.43. The third-order valence-corrected chi connectivity index (χ3v) is 7.67. The molecule has 1 aromatic carbocycles. The van der Waals surface area contributed by atoms with E-state index in [4.69, 9.17) is 5.73 Å². The molecule has 0 radical (unpaired) electrons. The summed E-state index contributed by atoms with van der Waals surface area (Å²) >= 11 is 3.91. The van der Waals surface area contributed by atoms with Crippen molar-refractivity contribution >= 4 is 58.3 Å². The Hall–Kier alpha value is -2.57. The summed E-state index contributed by atoms with van der Waals surface area (Å²) in [5.41, 5.74) is 8.52. The van der Waals surface area contributed by atoms with Crippen LogP contribution in [0.25, 0.3) is 0 Å². The average Bonchev–Trinajstić information content (AvgIpc) is 3.20. The van der Waals surface area contributed by atoms with E-state index in [0.717, 1.165) is 5.56 Å². The normalized spacial score (nSPS) is 20.8. The van der Waals surface area contributed by atoms with Gasteiger partial charge in [-0.3, -0.25) is 14.5 Å². The maximum atomic E-state index is 12.6. The fraction of sp³-hybridized carbons (Fsp3) is 0.235. The fourth-order valence-corrected chi connectivity index (χ4v) is 6.14. The smallest absolute Gasteiger partial charge is 0.353 e. The number of nitrogens with one attached hydrogen (secondary N) is 1. The van der Waals surface area contributed by atoms with Gasteiger partial charge in [0.2, 0.25) is 5.91 Å². The van der Waals surface area contributed by atoms with E-state index in [2.05, 4.69) is 15.5 Å². The van der Waals surface area contributed by atoms with E-state index in [0.29, 0.717) is 20.7 Å². The number of carbonyl (C=O) groups is 3. The van der Waals surface area contributed by atoms with Crippen molar-refractivity contribution in [3.05, 3.63) is 45.9 Å². The molecule has 150 valence electrons. The molecule has 2 aliphatic rings. The van der Waals surface area contributed by atoms with Gasteiger partial charge in [-0.05, 0) is 17.7 Å². The van der Waals surface area contributed by atoms with Crippen molar-refractivity contribution in [2.75, 3.05) is 11.5 Å². The maximum absolute atomic E-state index is 12.6. The summed E-state index contributed by atoms with van der Waals surface area (Å²) < 4.78 is 0.610. The Kier molecular flexibility index (Phi) is 5.48. The van der Waals surface area contributed by atoms with Crippen LogP contribution in [-0.2, 0) is 20.8 Å². The number of aliphatic carboxylic acids is 1. The van der Waals surface area contributed by atoms with Gasteiger partial charge in [-0.2, -0.15) is 0 Å². The number of rotatable bonds is 6. The highest BCUT2D eigenvalue weighted by Crippen LogP contribution is 2.45. The minimum Gasteiger partial charge on any atom is -0.477 e. The summed E-state index contributed by atoms with van der Waals surface area (Å²) in [4.78, 5) is 38.6. The molecular weight excluding hydrogens is 434 g/mol. The molecule has 2 amide bonds. The Labute approximate surface area is 177 Å². The molecule has 12 heteroatoms. The van der Waals surface area contributed by atoms with Crippen molar-refractivity contribution in [1.29, 1.82) is 0 Å². The minimum atomic E-state index is -1.18. The Bertz CT molecular complexity index is 993. The summed E-state index contributed by atoms with van der Waals surface area (Å²) in [6, 6.07) is 6.17. The topological polar surface area (TPSA) is 139 Å². The molecule has 29 heavy (non-hydrogen) atoms. The zero-order valence-electron chi connectivity index (χ0n) is 14.8. The molecule has 0 saturated carbocycles. The summed E-state index contributed by atoms with van der Waals surface area (Å²) in [5.74, 6) is -1.50. The molecule has 4 N–H and O–H groups in total. The van der Waals surface area contributed by atoms with E-state index < -0.39 is 23.3 Å². The van der Waals surface area contributed by atoms with Crippen LogP contribution in [0.3, 0.4) is 0 Å². The van der Waals surface area contributed by atoms with Crippen LogP contribution in [0.15, 0.2) is 44.7 Å². The summed E-state index contributed by atoms with van der Waals surface area (Å²) in [7, 11) is 0. The van der Waals surface area contributed by atoms with E-state index >= 15 is 0 Å². The molecule has 2 aliphatic heterocycles. The van der Waals surface area contributed by atoms with Crippen LogP contribution in [-0.4, -0.2) is 55.2 Å². The molecule has 1 saturated heterocycles. The Morgan fingerprint density at radius 2 is 2.10 bits per heavy atom. The Morgan fingerprint density at radius 3 is 2.76 bits per heavy atom. The van der Waals surface area contributed by atoms with Gasteiger partial charge in [0.1, 0.15) is 22.6 Å². The lowest BCUT2D eigenvalue weighted by Crippen LogP contribution is -2.70. The SMILES string of the molecule is Nc1ccc(CC(=O)N[C@@H]2C(=O)N3C(C(=O)O)=C(Sc4nncs4)CS[C@@H]23)cc1. The molecule has 1 aromatic heterocycles. The monoisotopic (exact) mass is 449 g/mol. The number of benzene rings is 1. The molecule has 4 rings (SSSR count). The second-order valence-corrected chi connectivity index (χ2v) is 9.54. The molecule has 1 fully saturated rings. The van der Waals surface area contributed by atoms with E-state index in [9.17, 15) is 19.5 Å². The summed E-state index contributed by atoms with van der Waals surface area (Å²) in [5, 5.41) is 19.6. The number of carbonyl (C=O) groups excluding carboxylic acids is 2. The van der Waals surface area contributed by atoms with Gasteiger partial charge >= 0.3 is 5.97 Å². The zero-order chi connectivity index (χ0) is 20.5. The Morgan fingerprint density at radius 1 is 1.34 bits per heavy atom. The quantitative estimate of drug-likeness (QED) is 0.438. The summed E-state index contributed by atoms with van der Waals surface area (Å²) in [6.07, 6.45) is 0.112. The lowest BCUT2D eigenvalue weighted by molar-refractivity contribution is -0.150. The van der Waals surface area contributed by atoms with Crippen LogP contribution in [0.5, 0.6) is 0 Å². The number of nitrogens with two attached hydrogens (primary N) is 1. The molecule has 0 bridgehead atoms. The number of amides is 2. The number of β-lactam (4-membered cyclic amide) rings is 1. The van der Waals surface area contributed by atoms with Crippen molar-refractivity contribution in [3.8, 4) is 0 Å². The predicted molar refractivity (Wildman–Crippen MR) is 110 cm³/mol. The van der Waals surface area contributed by atoms with Gasteiger partial charge in [-0.25, -0.2) is 4.79 Å². The van der Waals surface area contributed by atoms with E-state index in [1.807, 2.05) is 0 Å². The number of carboxylic acids is 1. The molecule has 0 unspecified atom stereocenters. The number of thioether (sulfide) groups is 2. The largest absolute Gasteiger partial charge is 0.477 e. The summed E-state index contributed by atoms with van der Waals surface area (Å²) in [6.45, 7) is 0. The number of anilines is 1. The first-order chi connectivity index (χ1) is 13.9. The van der Waals surface area contributed by atoms with Crippen molar-refractivity contribution in [2.24, 2.45) is 0 Å². The number of hydrogen-bond acceptors (Lipinski definition) is 9. The molecule has 3 heterocycles. The molecule has 2 aromatic rings. The highest BCUT2D eigenvalue weighted by Gasteiger charge is 2.54. The van der Waals surface area contributed by atoms with Gasteiger partial charge < -0.3 is 16.2 Å². The third-order valence-electron chi connectivity index (χ3n) is 4.35. The second-order valence-electron chi connectivity index (χ2n) is 6.26.